The van der Waals surface area contributed by atoms with Crippen molar-refractivity contribution in [2.24, 2.45) is 5.92 Å². The van der Waals surface area contributed by atoms with E-state index in [1.54, 1.807) is 11.3 Å². The molecule has 1 aromatic rings. The molecule has 5 heteroatoms. The average Bonchev–Trinajstić information content (AvgIpc) is 2.79. The van der Waals surface area contributed by atoms with Crippen molar-refractivity contribution in [2.45, 2.75) is 72.7 Å². The molecule has 2 atom stereocenters. The van der Waals surface area contributed by atoms with Crippen molar-refractivity contribution in [3.63, 3.8) is 0 Å². The van der Waals surface area contributed by atoms with E-state index in [2.05, 4.69) is 99.7 Å². The van der Waals surface area contributed by atoms with Gasteiger partial charge < -0.3 is 4.43 Å². The predicted molar refractivity (Wildman–Crippen MR) is 120 cm³/mol. The van der Waals surface area contributed by atoms with Crippen molar-refractivity contribution in [3.8, 4) is 0 Å². The van der Waals surface area contributed by atoms with Crippen LogP contribution in [0, 0.1) is 12.8 Å². The molecule has 0 N–H and O–H groups in total. The Hall–Kier alpha value is 0.0169. The van der Waals surface area contributed by atoms with E-state index in [4.69, 9.17) is 4.43 Å². The molecule has 0 aliphatic heterocycles. The van der Waals surface area contributed by atoms with Gasteiger partial charge >= 0.3 is 0 Å². The summed E-state index contributed by atoms with van der Waals surface area (Å²) in [5.41, 5.74) is 2.30. The van der Waals surface area contributed by atoms with E-state index in [-0.39, 0.29) is 11.1 Å². The van der Waals surface area contributed by atoms with Crippen molar-refractivity contribution < 1.29 is 4.43 Å². The first-order valence-electron chi connectivity index (χ1n) is 8.45. The number of hydrogen-bond acceptors (Lipinski definition) is 3. The Balaban J connectivity index is 3.18. The van der Waals surface area contributed by atoms with Crippen molar-refractivity contribution in [1.82, 2.24) is 4.98 Å². The minimum atomic E-state index is -1.85. The van der Waals surface area contributed by atoms with Crippen LogP contribution in [-0.2, 0) is 4.43 Å². The number of halogens is 1. The number of aromatic nitrogens is 1. The number of hydrogen-bond donors (Lipinski definition) is 0. The van der Waals surface area contributed by atoms with E-state index < -0.39 is 8.32 Å². The lowest BCUT2D eigenvalue weighted by Gasteiger charge is -2.41. The molecule has 0 aliphatic rings. The lowest BCUT2D eigenvalue weighted by atomic mass is 9.97. The molecule has 1 heterocycles. The van der Waals surface area contributed by atoms with Crippen LogP contribution >= 0.6 is 33.9 Å². The average molecular weight is 478 g/mol. The Labute approximate surface area is 167 Å². The summed E-state index contributed by atoms with van der Waals surface area (Å²) in [6.07, 6.45) is 4.59. The first-order valence-corrected chi connectivity index (χ1v) is 13.3. The summed E-state index contributed by atoms with van der Waals surface area (Å²) >= 11 is 4.08. The summed E-state index contributed by atoms with van der Waals surface area (Å²) in [5.74, 6) is 0.340. The zero-order valence-electron chi connectivity index (χ0n) is 16.5. The van der Waals surface area contributed by atoms with Gasteiger partial charge in [0.05, 0.1) is 16.8 Å². The maximum absolute atomic E-state index is 6.80. The third-order valence-electron chi connectivity index (χ3n) is 4.66. The fourth-order valence-corrected chi connectivity index (χ4v) is 4.85. The van der Waals surface area contributed by atoms with Gasteiger partial charge in [0.2, 0.25) is 0 Å². The number of rotatable bonds is 6. The van der Waals surface area contributed by atoms with Crippen LogP contribution < -0.4 is 0 Å². The molecule has 24 heavy (non-hydrogen) atoms. The van der Waals surface area contributed by atoms with Crippen molar-refractivity contribution in [1.29, 1.82) is 0 Å². The number of nitrogens with zero attached hydrogens (tertiary/aromatic N) is 1. The third kappa shape index (κ3) is 6.39. The number of aryl methyl sites for hydroxylation is 1. The second-order valence-electron chi connectivity index (χ2n) is 8.09. The van der Waals surface area contributed by atoms with Gasteiger partial charge in [-0.2, -0.15) is 0 Å². The molecule has 0 spiro atoms. The highest BCUT2D eigenvalue weighted by Crippen LogP contribution is 2.39. The minimum absolute atomic E-state index is 0.0950. The van der Waals surface area contributed by atoms with Gasteiger partial charge in [0.25, 0.3) is 0 Å². The molecule has 136 valence electrons. The molecule has 0 bridgehead atoms. The van der Waals surface area contributed by atoms with Gasteiger partial charge in [-0.15, -0.1) is 11.3 Å². The van der Waals surface area contributed by atoms with E-state index in [1.165, 1.54) is 9.15 Å². The van der Waals surface area contributed by atoms with E-state index in [0.29, 0.717) is 5.92 Å². The molecule has 0 fully saturated rings. The van der Waals surface area contributed by atoms with Gasteiger partial charge in [0.15, 0.2) is 8.32 Å². The maximum Gasteiger partial charge on any atom is 0.192 e. The minimum Gasteiger partial charge on any atom is -0.410 e. The molecule has 1 aromatic heterocycles. The van der Waals surface area contributed by atoms with Crippen molar-refractivity contribution >= 4 is 48.3 Å². The first kappa shape index (κ1) is 22.1. The highest BCUT2D eigenvalue weighted by atomic mass is 127. The highest BCUT2D eigenvalue weighted by Gasteiger charge is 2.40. The molecule has 0 saturated heterocycles. The Bertz CT molecular complexity index is 609. The van der Waals surface area contributed by atoms with Crippen LogP contribution in [0.15, 0.2) is 20.6 Å². The zero-order chi connectivity index (χ0) is 18.7. The van der Waals surface area contributed by atoms with Crippen LogP contribution in [0.3, 0.4) is 0 Å². The SMILES string of the molecule is CC(I)=C[C@@H](C)[C@H](O[Si](C)(C)C(C)(C)C)C(C)=Cc1csc(C)n1. The highest BCUT2D eigenvalue weighted by molar-refractivity contribution is 14.1. The normalized spacial score (nSPS) is 17.1. The molecule has 0 aliphatic carbocycles. The largest absolute Gasteiger partial charge is 0.410 e. The molecule has 0 saturated carbocycles. The second-order valence-corrected chi connectivity index (χ2v) is 15.6. The molecule has 0 radical (unpaired) electrons. The van der Waals surface area contributed by atoms with Crippen LogP contribution in [-0.4, -0.2) is 19.4 Å². The number of allylic oxidation sites excluding steroid dienone is 1. The van der Waals surface area contributed by atoms with Gasteiger partial charge in [-0.05, 0) is 76.7 Å². The fourth-order valence-electron chi connectivity index (χ4n) is 2.32. The zero-order valence-corrected chi connectivity index (χ0v) is 20.5. The standard InChI is InChI=1S/C19H32INOSSi/c1-13(10-15(3)20)18(22-24(8,9)19(5,6)7)14(2)11-17-12-23-16(4)21-17/h10-13,18H,1-9H3/t13-,18+/m1/s1. The van der Waals surface area contributed by atoms with E-state index in [0.717, 1.165) is 10.7 Å². The quantitative estimate of drug-likeness (QED) is 0.319. The van der Waals surface area contributed by atoms with Crippen molar-refractivity contribution in [2.75, 3.05) is 0 Å². The molecule has 1 rings (SSSR count). The molecule has 0 unspecified atom stereocenters. The summed E-state index contributed by atoms with van der Waals surface area (Å²) in [6.45, 7) is 20.2. The van der Waals surface area contributed by atoms with Gasteiger partial charge in [-0.1, -0.05) is 33.8 Å². The smallest absolute Gasteiger partial charge is 0.192 e. The third-order valence-corrected chi connectivity index (χ3v) is 10.3. The molecular weight excluding hydrogens is 445 g/mol. The van der Waals surface area contributed by atoms with Gasteiger partial charge in [0, 0.05) is 11.3 Å². The van der Waals surface area contributed by atoms with Crippen LogP contribution in [0.4, 0.5) is 0 Å². The lowest BCUT2D eigenvalue weighted by Crippen LogP contribution is -2.45. The Morgan fingerprint density at radius 3 is 2.33 bits per heavy atom. The van der Waals surface area contributed by atoms with Crippen LogP contribution in [0.2, 0.25) is 18.1 Å². The number of thiazole rings is 1. The molecule has 0 aromatic carbocycles. The molecular formula is C19H32INOSSi. The van der Waals surface area contributed by atoms with E-state index in [9.17, 15) is 0 Å². The topological polar surface area (TPSA) is 22.1 Å². The Kier molecular flexibility index (Phi) is 7.91. The van der Waals surface area contributed by atoms with Crippen LogP contribution in [0.5, 0.6) is 0 Å². The van der Waals surface area contributed by atoms with Gasteiger partial charge in [-0.3, -0.25) is 0 Å². The summed E-state index contributed by atoms with van der Waals surface area (Å²) in [4.78, 5) is 4.58. The first-order chi connectivity index (χ1) is 10.8. The van der Waals surface area contributed by atoms with Gasteiger partial charge in [-0.25, -0.2) is 4.98 Å². The summed E-state index contributed by atoms with van der Waals surface area (Å²) in [7, 11) is -1.85. The summed E-state index contributed by atoms with van der Waals surface area (Å²) in [5, 5.41) is 3.42. The fraction of sp³-hybridized carbons (Fsp3) is 0.632. The Morgan fingerprint density at radius 1 is 1.33 bits per heavy atom. The lowest BCUT2D eigenvalue weighted by molar-refractivity contribution is 0.179. The molecule has 0 amide bonds. The maximum atomic E-state index is 6.80. The van der Waals surface area contributed by atoms with E-state index in [1.807, 2.05) is 6.92 Å². The van der Waals surface area contributed by atoms with Crippen LogP contribution in [0.25, 0.3) is 6.08 Å². The molecule has 2 nitrogen and oxygen atoms in total. The monoisotopic (exact) mass is 477 g/mol. The summed E-state index contributed by atoms with van der Waals surface area (Å²) < 4.78 is 8.11. The second kappa shape index (κ2) is 8.60. The van der Waals surface area contributed by atoms with Crippen molar-refractivity contribution in [3.05, 3.63) is 31.3 Å². The van der Waals surface area contributed by atoms with Gasteiger partial charge in [0.1, 0.15) is 0 Å². The predicted octanol–water partition coefficient (Wildman–Crippen LogP) is 7.22. The summed E-state index contributed by atoms with van der Waals surface area (Å²) in [6, 6.07) is 0. The Morgan fingerprint density at radius 2 is 1.92 bits per heavy atom. The van der Waals surface area contributed by atoms with E-state index >= 15 is 0 Å². The van der Waals surface area contributed by atoms with Crippen LogP contribution in [0.1, 0.15) is 52.2 Å².